The highest BCUT2D eigenvalue weighted by atomic mass is 19.1. The first-order valence-corrected chi connectivity index (χ1v) is 9.77. The Morgan fingerprint density at radius 1 is 1.21 bits per heavy atom. The molecule has 2 amide bonds. The molecule has 1 atom stereocenters. The molecule has 0 spiro atoms. The molecule has 154 valence electrons. The Hall–Kier alpha value is -2.51. The van der Waals surface area contributed by atoms with Crippen LogP contribution in [0.4, 0.5) is 20.6 Å². The van der Waals surface area contributed by atoms with Gasteiger partial charge in [-0.05, 0) is 58.6 Å². The van der Waals surface area contributed by atoms with E-state index in [1.54, 1.807) is 4.90 Å². The summed E-state index contributed by atoms with van der Waals surface area (Å²) in [7, 11) is 0. The summed E-state index contributed by atoms with van der Waals surface area (Å²) in [5, 5.41) is 5.97. The molecule has 28 heavy (non-hydrogen) atoms. The summed E-state index contributed by atoms with van der Waals surface area (Å²) in [4.78, 5) is 26.4. The molecule has 0 radical (unpaired) electrons. The van der Waals surface area contributed by atoms with E-state index in [0.29, 0.717) is 36.9 Å². The third-order valence-corrected chi connectivity index (χ3v) is 4.73. The second-order valence-corrected chi connectivity index (χ2v) is 8.58. The number of hydrogen-bond acceptors (Lipinski definition) is 5. The maximum atomic E-state index is 14.5. The van der Waals surface area contributed by atoms with Crippen molar-refractivity contribution in [2.24, 2.45) is 0 Å². The molecule has 1 saturated heterocycles. The fourth-order valence-electron chi connectivity index (χ4n) is 3.19. The molecule has 1 aliphatic carbocycles. The predicted molar refractivity (Wildman–Crippen MR) is 106 cm³/mol. The van der Waals surface area contributed by atoms with E-state index in [9.17, 15) is 14.0 Å². The number of rotatable bonds is 4. The Morgan fingerprint density at radius 3 is 2.57 bits per heavy atom. The van der Waals surface area contributed by atoms with Crippen LogP contribution in [-0.2, 0) is 4.74 Å². The lowest BCUT2D eigenvalue weighted by molar-refractivity contribution is 0.0185. The number of amides is 2. The number of ether oxygens (including phenoxy) is 1. The highest BCUT2D eigenvalue weighted by Crippen LogP contribution is 2.30. The Bertz CT molecular complexity index is 759. The van der Waals surface area contributed by atoms with Gasteiger partial charge in [0.15, 0.2) is 0 Å². The van der Waals surface area contributed by atoms with Crippen molar-refractivity contribution in [1.82, 2.24) is 10.2 Å². The molecule has 1 unspecified atom stereocenters. The second-order valence-electron chi connectivity index (χ2n) is 8.58. The van der Waals surface area contributed by atoms with Crippen LogP contribution in [0.5, 0.6) is 0 Å². The van der Waals surface area contributed by atoms with E-state index in [1.165, 1.54) is 12.1 Å². The number of nitrogen functional groups attached to an aromatic ring is 1. The van der Waals surface area contributed by atoms with Crippen molar-refractivity contribution in [3.63, 3.8) is 0 Å². The minimum Gasteiger partial charge on any atom is -0.444 e. The number of carbonyl (C=O) groups is 2. The maximum absolute atomic E-state index is 14.5. The molecule has 1 aliphatic heterocycles. The van der Waals surface area contributed by atoms with Gasteiger partial charge in [0.25, 0.3) is 5.91 Å². The van der Waals surface area contributed by atoms with E-state index in [2.05, 4.69) is 10.6 Å². The summed E-state index contributed by atoms with van der Waals surface area (Å²) in [5.41, 5.74) is 6.17. The molecule has 1 saturated carbocycles. The zero-order valence-electron chi connectivity index (χ0n) is 16.7. The number of hydrogen-bond donors (Lipinski definition) is 3. The molecule has 1 aromatic carbocycles. The average molecular weight is 392 g/mol. The van der Waals surface area contributed by atoms with E-state index in [4.69, 9.17) is 10.5 Å². The average Bonchev–Trinajstić information content (AvgIpc) is 3.40. The van der Waals surface area contributed by atoms with Crippen LogP contribution >= 0.6 is 0 Å². The molecule has 7 nitrogen and oxygen atoms in total. The predicted octanol–water partition coefficient (Wildman–Crippen LogP) is 3.11. The van der Waals surface area contributed by atoms with E-state index in [1.807, 2.05) is 20.8 Å². The van der Waals surface area contributed by atoms with E-state index in [0.717, 1.165) is 19.3 Å². The number of nitrogens with one attached hydrogen (secondary N) is 2. The van der Waals surface area contributed by atoms with Crippen molar-refractivity contribution < 1.29 is 18.7 Å². The van der Waals surface area contributed by atoms with E-state index >= 15 is 0 Å². The normalized spacial score (nSPS) is 19.9. The Kier molecular flexibility index (Phi) is 5.67. The van der Waals surface area contributed by atoms with Crippen molar-refractivity contribution in [2.45, 2.75) is 64.1 Å². The summed E-state index contributed by atoms with van der Waals surface area (Å²) in [6, 6.07) is 2.71. The molecule has 1 heterocycles. The van der Waals surface area contributed by atoms with Crippen molar-refractivity contribution in [2.75, 3.05) is 24.1 Å². The molecule has 3 rings (SSSR count). The topological polar surface area (TPSA) is 96.7 Å². The number of anilines is 2. The van der Waals surface area contributed by atoms with Crippen LogP contribution in [0.15, 0.2) is 12.1 Å². The van der Waals surface area contributed by atoms with Gasteiger partial charge in [0.05, 0.1) is 16.9 Å². The SMILES string of the molecule is CC(C)(C)OC(=O)N1CCCC(NC(=O)c2cc(N)c(NC3CC3)cc2F)C1. The van der Waals surface area contributed by atoms with Crippen LogP contribution in [0.3, 0.4) is 0 Å². The van der Waals surface area contributed by atoms with Gasteiger partial charge in [-0.3, -0.25) is 4.79 Å². The Morgan fingerprint density at radius 2 is 1.93 bits per heavy atom. The van der Waals surface area contributed by atoms with Gasteiger partial charge in [-0.1, -0.05) is 0 Å². The number of piperidine rings is 1. The first-order valence-electron chi connectivity index (χ1n) is 9.77. The first kappa shape index (κ1) is 20.2. The maximum Gasteiger partial charge on any atom is 0.410 e. The second kappa shape index (κ2) is 7.85. The van der Waals surface area contributed by atoms with Crippen molar-refractivity contribution in [3.05, 3.63) is 23.5 Å². The third kappa shape index (κ3) is 5.27. The number of nitrogens with two attached hydrogens (primary N) is 1. The number of benzene rings is 1. The van der Waals surface area contributed by atoms with Gasteiger partial charge in [-0.2, -0.15) is 0 Å². The van der Waals surface area contributed by atoms with Crippen LogP contribution in [0.1, 0.15) is 56.8 Å². The lowest BCUT2D eigenvalue weighted by atomic mass is 10.0. The molecule has 1 aromatic rings. The van der Waals surface area contributed by atoms with E-state index in [-0.39, 0.29) is 11.6 Å². The van der Waals surface area contributed by atoms with Crippen LogP contribution in [0.2, 0.25) is 0 Å². The molecule has 2 fully saturated rings. The van der Waals surface area contributed by atoms with Crippen LogP contribution in [0, 0.1) is 5.82 Å². The van der Waals surface area contributed by atoms with Crippen LogP contribution in [-0.4, -0.2) is 47.7 Å². The number of nitrogens with zero attached hydrogens (tertiary/aromatic N) is 1. The molecule has 4 N–H and O–H groups in total. The standard InChI is InChI=1S/C20H29FN4O3/c1-20(2,3)28-19(27)25-8-4-5-13(11-25)24-18(26)14-9-16(22)17(10-15(14)21)23-12-6-7-12/h9-10,12-13,23H,4-8,11,22H2,1-3H3,(H,24,26). The van der Waals surface area contributed by atoms with Gasteiger partial charge in [0.1, 0.15) is 11.4 Å². The fraction of sp³-hybridized carbons (Fsp3) is 0.600. The van der Waals surface area contributed by atoms with Gasteiger partial charge in [-0.15, -0.1) is 0 Å². The summed E-state index contributed by atoms with van der Waals surface area (Å²) in [6.07, 6.45) is 3.12. The molecular weight excluding hydrogens is 363 g/mol. The smallest absolute Gasteiger partial charge is 0.410 e. The van der Waals surface area contributed by atoms with Crippen LogP contribution in [0.25, 0.3) is 0 Å². The molecule has 2 aliphatic rings. The van der Waals surface area contributed by atoms with Crippen LogP contribution < -0.4 is 16.4 Å². The van der Waals surface area contributed by atoms with E-state index < -0.39 is 23.4 Å². The highest BCUT2D eigenvalue weighted by molar-refractivity contribution is 5.96. The Labute approximate surface area is 164 Å². The molecule has 0 bridgehead atoms. The largest absolute Gasteiger partial charge is 0.444 e. The lowest BCUT2D eigenvalue weighted by Crippen LogP contribution is -2.50. The summed E-state index contributed by atoms with van der Waals surface area (Å²) < 4.78 is 19.8. The molecular formula is C20H29FN4O3. The monoisotopic (exact) mass is 392 g/mol. The zero-order valence-corrected chi connectivity index (χ0v) is 16.7. The summed E-state index contributed by atoms with van der Waals surface area (Å²) >= 11 is 0. The van der Waals surface area contributed by atoms with Crippen molar-refractivity contribution >= 4 is 23.4 Å². The summed E-state index contributed by atoms with van der Waals surface area (Å²) in [6.45, 7) is 6.33. The first-order chi connectivity index (χ1) is 13.1. The van der Waals surface area contributed by atoms with Gasteiger partial charge in [0, 0.05) is 25.2 Å². The molecule has 0 aromatic heterocycles. The number of halogens is 1. The minimum absolute atomic E-state index is 0.0896. The number of likely N-dealkylation sites (tertiary alicyclic amines) is 1. The minimum atomic E-state index is -0.616. The summed E-state index contributed by atoms with van der Waals surface area (Å²) in [5.74, 6) is -1.15. The van der Waals surface area contributed by atoms with Gasteiger partial charge in [-0.25, -0.2) is 9.18 Å². The Balaban J connectivity index is 1.62. The van der Waals surface area contributed by atoms with Crippen molar-refractivity contribution in [3.8, 4) is 0 Å². The highest BCUT2D eigenvalue weighted by Gasteiger charge is 2.29. The molecule has 8 heteroatoms. The lowest BCUT2D eigenvalue weighted by Gasteiger charge is -2.34. The third-order valence-electron chi connectivity index (χ3n) is 4.73. The fourth-order valence-corrected chi connectivity index (χ4v) is 3.19. The number of carbonyl (C=O) groups excluding carboxylic acids is 2. The van der Waals surface area contributed by atoms with Gasteiger partial charge >= 0.3 is 6.09 Å². The zero-order chi connectivity index (χ0) is 20.5. The van der Waals surface area contributed by atoms with Crippen molar-refractivity contribution in [1.29, 1.82) is 0 Å². The van der Waals surface area contributed by atoms with Gasteiger partial charge in [0.2, 0.25) is 0 Å². The quantitative estimate of drug-likeness (QED) is 0.684. The van der Waals surface area contributed by atoms with Gasteiger partial charge < -0.3 is 26.0 Å².